The summed E-state index contributed by atoms with van der Waals surface area (Å²) in [6.45, 7) is 6.89. The molecule has 1 fully saturated rings. The summed E-state index contributed by atoms with van der Waals surface area (Å²) in [5.74, 6) is 0.280. The van der Waals surface area contributed by atoms with Gasteiger partial charge in [-0.15, -0.1) is 0 Å². The SMILES string of the molecule is CC(C)(C)C(=O)N1CCC[C@H](C(=O)Nc2ccc(Cl)cn2)C1. The lowest BCUT2D eigenvalue weighted by Crippen LogP contribution is -2.47. The summed E-state index contributed by atoms with van der Waals surface area (Å²) in [5, 5.41) is 3.32. The van der Waals surface area contributed by atoms with E-state index in [-0.39, 0.29) is 17.7 Å². The number of hydrogen-bond acceptors (Lipinski definition) is 3. The van der Waals surface area contributed by atoms with Gasteiger partial charge in [0.15, 0.2) is 0 Å². The summed E-state index contributed by atoms with van der Waals surface area (Å²) >= 11 is 5.77. The highest BCUT2D eigenvalue weighted by Gasteiger charge is 2.33. The minimum absolute atomic E-state index is 0.0922. The molecule has 1 aromatic rings. The molecule has 0 radical (unpaired) electrons. The van der Waals surface area contributed by atoms with Gasteiger partial charge in [0.1, 0.15) is 5.82 Å². The summed E-state index contributed by atoms with van der Waals surface area (Å²) < 4.78 is 0. The number of nitrogens with zero attached hydrogens (tertiary/aromatic N) is 2. The summed E-state index contributed by atoms with van der Waals surface area (Å²) in [5.41, 5.74) is -0.421. The van der Waals surface area contributed by atoms with Crippen LogP contribution in [0.5, 0.6) is 0 Å². The predicted octanol–water partition coefficient (Wildman–Crippen LogP) is 2.96. The molecule has 22 heavy (non-hydrogen) atoms. The Labute approximate surface area is 136 Å². The van der Waals surface area contributed by atoms with E-state index in [9.17, 15) is 9.59 Å². The minimum atomic E-state index is -0.421. The van der Waals surface area contributed by atoms with Crippen molar-refractivity contribution < 1.29 is 9.59 Å². The zero-order valence-electron chi connectivity index (χ0n) is 13.2. The molecule has 0 saturated carbocycles. The van der Waals surface area contributed by atoms with Crippen LogP contribution in [0.3, 0.4) is 0 Å². The number of amides is 2. The second-order valence-electron chi connectivity index (χ2n) is 6.69. The Morgan fingerprint density at radius 1 is 1.36 bits per heavy atom. The van der Waals surface area contributed by atoms with Gasteiger partial charge < -0.3 is 10.2 Å². The first-order valence-corrected chi connectivity index (χ1v) is 7.87. The van der Waals surface area contributed by atoms with Crippen LogP contribution in [0.2, 0.25) is 5.02 Å². The highest BCUT2D eigenvalue weighted by Crippen LogP contribution is 2.24. The number of piperidine rings is 1. The molecule has 1 saturated heterocycles. The molecule has 0 bridgehead atoms. The lowest BCUT2D eigenvalue weighted by atomic mass is 9.91. The van der Waals surface area contributed by atoms with Crippen molar-refractivity contribution in [2.75, 3.05) is 18.4 Å². The first-order chi connectivity index (χ1) is 10.3. The van der Waals surface area contributed by atoms with Crippen LogP contribution in [0, 0.1) is 11.3 Å². The number of pyridine rings is 1. The van der Waals surface area contributed by atoms with Gasteiger partial charge in [-0.2, -0.15) is 0 Å². The minimum Gasteiger partial charge on any atom is -0.341 e. The zero-order valence-corrected chi connectivity index (χ0v) is 14.0. The maximum Gasteiger partial charge on any atom is 0.230 e. The normalized spacial score (nSPS) is 18.9. The Morgan fingerprint density at radius 2 is 2.09 bits per heavy atom. The third-order valence-electron chi connectivity index (χ3n) is 3.70. The standard InChI is InChI=1S/C16H22ClN3O2/c1-16(2,3)15(22)20-8-4-5-11(10-20)14(21)19-13-7-6-12(17)9-18-13/h6-7,9,11H,4-5,8,10H2,1-3H3,(H,18,19,21)/t11-/m0/s1. The quantitative estimate of drug-likeness (QED) is 0.910. The van der Waals surface area contributed by atoms with Gasteiger partial charge >= 0.3 is 0 Å². The van der Waals surface area contributed by atoms with E-state index in [1.165, 1.54) is 6.20 Å². The van der Waals surface area contributed by atoms with E-state index >= 15 is 0 Å². The Balaban J connectivity index is 1.98. The van der Waals surface area contributed by atoms with E-state index in [1.54, 1.807) is 17.0 Å². The third kappa shape index (κ3) is 4.19. The number of carbonyl (C=O) groups is 2. The first-order valence-electron chi connectivity index (χ1n) is 7.49. The van der Waals surface area contributed by atoms with E-state index < -0.39 is 5.41 Å². The van der Waals surface area contributed by atoms with Crippen molar-refractivity contribution in [3.8, 4) is 0 Å². The van der Waals surface area contributed by atoms with Crippen molar-refractivity contribution in [2.24, 2.45) is 11.3 Å². The topological polar surface area (TPSA) is 62.3 Å². The van der Waals surface area contributed by atoms with Crippen molar-refractivity contribution in [1.29, 1.82) is 0 Å². The second-order valence-corrected chi connectivity index (χ2v) is 7.13. The number of rotatable bonds is 2. The molecule has 2 rings (SSSR count). The molecule has 1 aromatic heterocycles. The van der Waals surface area contributed by atoms with Crippen molar-refractivity contribution in [1.82, 2.24) is 9.88 Å². The fraction of sp³-hybridized carbons (Fsp3) is 0.562. The maximum absolute atomic E-state index is 12.4. The number of carbonyl (C=O) groups excluding carboxylic acids is 2. The zero-order chi connectivity index (χ0) is 16.3. The molecule has 0 aromatic carbocycles. The lowest BCUT2D eigenvalue weighted by molar-refractivity contribution is -0.142. The molecule has 5 nitrogen and oxygen atoms in total. The van der Waals surface area contributed by atoms with E-state index in [4.69, 9.17) is 11.6 Å². The molecule has 1 aliphatic heterocycles. The van der Waals surface area contributed by atoms with Crippen molar-refractivity contribution >= 4 is 29.2 Å². The van der Waals surface area contributed by atoms with Gasteiger partial charge in [-0.25, -0.2) is 4.98 Å². The van der Waals surface area contributed by atoms with Crippen LogP contribution in [0.4, 0.5) is 5.82 Å². The Morgan fingerprint density at radius 3 is 2.68 bits per heavy atom. The summed E-state index contributed by atoms with van der Waals surface area (Å²) in [7, 11) is 0. The molecule has 6 heteroatoms. The fourth-order valence-corrected chi connectivity index (χ4v) is 2.64. The molecule has 2 heterocycles. The van der Waals surface area contributed by atoms with Crippen LogP contribution in [0.1, 0.15) is 33.6 Å². The maximum atomic E-state index is 12.4. The monoisotopic (exact) mass is 323 g/mol. The second kappa shape index (κ2) is 6.65. The van der Waals surface area contributed by atoms with Crippen LogP contribution >= 0.6 is 11.6 Å². The van der Waals surface area contributed by atoms with Gasteiger partial charge in [0.2, 0.25) is 11.8 Å². The van der Waals surface area contributed by atoms with Crippen LogP contribution in [-0.2, 0) is 9.59 Å². The van der Waals surface area contributed by atoms with Crippen LogP contribution < -0.4 is 5.32 Å². The fourth-order valence-electron chi connectivity index (χ4n) is 2.53. The first kappa shape index (κ1) is 16.7. The molecule has 1 aliphatic rings. The highest BCUT2D eigenvalue weighted by atomic mass is 35.5. The van der Waals surface area contributed by atoms with Crippen LogP contribution in [0.25, 0.3) is 0 Å². The summed E-state index contributed by atoms with van der Waals surface area (Å²) in [4.78, 5) is 30.6. The molecule has 120 valence electrons. The Bertz CT molecular complexity index is 552. The average Bonchev–Trinajstić information content (AvgIpc) is 2.48. The number of hydrogen-bond donors (Lipinski definition) is 1. The predicted molar refractivity (Wildman–Crippen MR) is 86.6 cm³/mol. The molecule has 1 N–H and O–H groups in total. The van der Waals surface area contributed by atoms with Gasteiger partial charge in [0.25, 0.3) is 0 Å². The third-order valence-corrected chi connectivity index (χ3v) is 3.92. The average molecular weight is 324 g/mol. The van der Waals surface area contributed by atoms with Gasteiger partial charge in [-0.3, -0.25) is 9.59 Å². The van der Waals surface area contributed by atoms with E-state index in [1.807, 2.05) is 20.8 Å². The Hall–Kier alpha value is -1.62. The van der Waals surface area contributed by atoms with Crippen molar-refractivity contribution in [3.05, 3.63) is 23.4 Å². The van der Waals surface area contributed by atoms with Crippen LogP contribution in [-0.4, -0.2) is 34.8 Å². The Kier molecular flexibility index (Phi) is 5.06. The molecule has 0 spiro atoms. The van der Waals surface area contributed by atoms with Crippen LogP contribution in [0.15, 0.2) is 18.3 Å². The number of aromatic nitrogens is 1. The lowest BCUT2D eigenvalue weighted by Gasteiger charge is -2.35. The number of anilines is 1. The van der Waals surface area contributed by atoms with Gasteiger partial charge in [-0.1, -0.05) is 32.4 Å². The molecule has 0 unspecified atom stereocenters. The van der Waals surface area contributed by atoms with E-state index in [2.05, 4.69) is 10.3 Å². The van der Waals surface area contributed by atoms with Crippen molar-refractivity contribution in [3.63, 3.8) is 0 Å². The highest BCUT2D eigenvalue weighted by molar-refractivity contribution is 6.30. The van der Waals surface area contributed by atoms with E-state index in [0.29, 0.717) is 17.4 Å². The smallest absolute Gasteiger partial charge is 0.230 e. The molecule has 0 aliphatic carbocycles. The number of nitrogens with one attached hydrogen (secondary N) is 1. The molecular weight excluding hydrogens is 302 g/mol. The van der Waals surface area contributed by atoms with Gasteiger partial charge in [0.05, 0.1) is 10.9 Å². The van der Waals surface area contributed by atoms with E-state index in [0.717, 1.165) is 19.4 Å². The van der Waals surface area contributed by atoms with Crippen molar-refractivity contribution in [2.45, 2.75) is 33.6 Å². The molecule has 1 atom stereocenters. The summed E-state index contributed by atoms with van der Waals surface area (Å²) in [6, 6.07) is 3.35. The largest absolute Gasteiger partial charge is 0.341 e. The number of halogens is 1. The number of likely N-dealkylation sites (tertiary alicyclic amines) is 1. The van der Waals surface area contributed by atoms with Gasteiger partial charge in [-0.05, 0) is 25.0 Å². The van der Waals surface area contributed by atoms with Gasteiger partial charge in [0, 0.05) is 24.7 Å². The molecule has 2 amide bonds. The summed E-state index contributed by atoms with van der Waals surface area (Å²) in [6.07, 6.45) is 3.12. The molecular formula is C16H22ClN3O2.